The number of aromatic nitrogens is 1. The summed E-state index contributed by atoms with van der Waals surface area (Å²) < 4.78 is 16.4. The Hall–Kier alpha value is -3.15. The standard InChI is InChI=1S/C28H35NO5/c1-2-27(30)33-20-10-5-3-4-9-19-32-25-17-18-26(29-21-25)22-13-15-23(16-14-22)28(31)34-24-11-7-6-8-12-24/h2,13-18,21,24H,1,3-12,19-20H2. The molecule has 0 amide bonds. The first-order valence-electron chi connectivity index (χ1n) is 12.3. The number of hydrogen-bond donors (Lipinski definition) is 0. The monoisotopic (exact) mass is 465 g/mol. The number of nitrogens with zero attached hydrogens (tertiary/aromatic N) is 1. The first kappa shape index (κ1) is 25.5. The van der Waals surface area contributed by atoms with Crippen molar-refractivity contribution in [2.24, 2.45) is 0 Å². The SMILES string of the molecule is C=CC(=O)OCCCCCCCOc1ccc(-c2ccc(C(=O)OC3CCCCC3)cc2)nc1. The van der Waals surface area contributed by atoms with Gasteiger partial charge in [-0.1, -0.05) is 44.4 Å². The number of hydrogen-bond acceptors (Lipinski definition) is 6. The van der Waals surface area contributed by atoms with Gasteiger partial charge in [0.25, 0.3) is 0 Å². The molecule has 182 valence electrons. The summed E-state index contributed by atoms with van der Waals surface area (Å²) in [6.07, 6.45) is 13.4. The maximum Gasteiger partial charge on any atom is 0.338 e. The molecular weight excluding hydrogens is 430 g/mol. The third-order valence-corrected chi connectivity index (χ3v) is 5.95. The van der Waals surface area contributed by atoms with Crippen molar-refractivity contribution >= 4 is 11.9 Å². The molecule has 1 aromatic heterocycles. The molecule has 1 aromatic carbocycles. The second kappa shape index (κ2) is 14.2. The molecule has 0 atom stereocenters. The molecule has 34 heavy (non-hydrogen) atoms. The summed E-state index contributed by atoms with van der Waals surface area (Å²) in [5.74, 6) is 0.138. The maximum atomic E-state index is 12.4. The molecule has 1 aliphatic carbocycles. The number of unbranched alkanes of at least 4 members (excludes halogenated alkanes) is 4. The van der Waals surface area contributed by atoms with Crippen molar-refractivity contribution in [2.75, 3.05) is 13.2 Å². The topological polar surface area (TPSA) is 74.7 Å². The van der Waals surface area contributed by atoms with Crippen LogP contribution in [-0.2, 0) is 14.3 Å². The van der Waals surface area contributed by atoms with Crippen LogP contribution < -0.4 is 4.74 Å². The van der Waals surface area contributed by atoms with Crippen molar-refractivity contribution in [1.82, 2.24) is 4.98 Å². The second-order valence-corrected chi connectivity index (χ2v) is 8.61. The number of ether oxygens (including phenoxy) is 3. The molecule has 0 bridgehead atoms. The van der Waals surface area contributed by atoms with Crippen molar-refractivity contribution in [3.8, 4) is 17.0 Å². The van der Waals surface area contributed by atoms with Crippen LogP contribution in [0.3, 0.4) is 0 Å². The van der Waals surface area contributed by atoms with Gasteiger partial charge < -0.3 is 14.2 Å². The molecule has 0 saturated heterocycles. The fourth-order valence-electron chi connectivity index (χ4n) is 3.97. The molecule has 1 fully saturated rings. The molecule has 1 heterocycles. The van der Waals surface area contributed by atoms with E-state index in [1.165, 1.54) is 12.5 Å². The molecule has 0 spiro atoms. The molecule has 1 saturated carbocycles. The van der Waals surface area contributed by atoms with Crippen molar-refractivity contribution in [2.45, 2.75) is 70.3 Å². The van der Waals surface area contributed by atoms with Crippen LogP contribution >= 0.6 is 0 Å². The van der Waals surface area contributed by atoms with E-state index in [-0.39, 0.29) is 18.0 Å². The first-order valence-corrected chi connectivity index (χ1v) is 12.3. The highest BCUT2D eigenvalue weighted by Gasteiger charge is 2.18. The predicted molar refractivity (Wildman–Crippen MR) is 132 cm³/mol. The van der Waals surface area contributed by atoms with Gasteiger partial charge in [0.05, 0.1) is 30.7 Å². The molecule has 0 N–H and O–H groups in total. The van der Waals surface area contributed by atoms with Crippen molar-refractivity contribution in [1.29, 1.82) is 0 Å². The largest absolute Gasteiger partial charge is 0.492 e. The van der Waals surface area contributed by atoms with Crippen LogP contribution in [-0.4, -0.2) is 36.2 Å². The third-order valence-electron chi connectivity index (χ3n) is 5.95. The van der Waals surface area contributed by atoms with Gasteiger partial charge in [-0.25, -0.2) is 9.59 Å². The minimum Gasteiger partial charge on any atom is -0.492 e. The second-order valence-electron chi connectivity index (χ2n) is 8.61. The summed E-state index contributed by atoms with van der Waals surface area (Å²) in [5, 5.41) is 0. The summed E-state index contributed by atoms with van der Waals surface area (Å²) in [4.78, 5) is 27.8. The van der Waals surface area contributed by atoms with Crippen LogP contribution in [0.15, 0.2) is 55.3 Å². The highest BCUT2D eigenvalue weighted by atomic mass is 16.5. The van der Waals surface area contributed by atoms with Crippen LogP contribution in [0.5, 0.6) is 5.75 Å². The van der Waals surface area contributed by atoms with Gasteiger partial charge in [-0.05, 0) is 62.8 Å². The van der Waals surface area contributed by atoms with Crippen molar-refractivity contribution < 1.29 is 23.8 Å². The van der Waals surface area contributed by atoms with E-state index in [1.807, 2.05) is 24.3 Å². The van der Waals surface area contributed by atoms with E-state index in [9.17, 15) is 9.59 Å². The number of carbonyl (C=O) groups excluding carboxylic acids is 2. The maximum absolute atomic E-state index is 12.4. The Morgan fingerprint density at radius 2 is 1.62 bits per heavy atom. The Labute approximate surface area is 202 Å². The number of pyridine rings is 1. The molecule has 2 aromatic rings. The quantitative estimate of drug-likeness (QED) is 0.196. The average Bonchev–Trinajstić information content (AvgIpc) is 2.88. The summed E-state index contributed by atoms with van der Waals surface area (Å²) in [5.41, 5.74) is 2.35. The minimum absolute atomic E-state index is 0.0593. The average molecular weight is 466 g/mol. The van der Waals surface area contributed by atoms with Crippen molar-refractivity contribution in [3.63, 3.8) is 0 Å². The van der Waals surface area contributed by atoms with E-state index in [1.54, 1.807) is 18.3 Å². The summed E-state index contributed by atoms with van der Waals surface area (Å²) >= 11 is 0. The number of rotatable bonds is 13. The third kappa shape index (κ3) is 8.65. The molecular formula is C28H35NO5. The van der Waals surface area contributed by atoms with Gasteiger partial charge in [0.15, 0.2) is 0 Å². The molecule has 1 aliphatic rings. The van der Waals surface area contributed by atoms with E-state index in [0.717, 1.165) is 74.8 Å². The van der Waals surface area contributed by atoms with Crippen LogP contribution in [0.1, 0.15) is 74.6 Å². The van der Waals surface area contributed by atoms with Crippen LogP contribution in [0.4, 0.5) is 0 Å². The lowest BCUT2D eigenvalue weighted by Crippen LogP contribution is -2.20. The van der Waals surface area contributed by atoms with Gasteiger partial charge in [0.2, 0.25) is 0 Å². The molecule has 0 radical (unpaired) electrons. The zero-order valence-electron chi connectivity index (χ0n) is 19.9. The van der Waals surface area contributed by atoms with Crippen molar-refractivity contribution in [3.05, 3.63) is 60.8 Å². The molecule has 0 aliphatic heterocycles. The zero-order chi connectivity index (χ0) is 24.0. The highest BCUT2D eigenvalue weighted by molar-refractivity contribution is 5.90. The summed E-state index contributed by atoms with van der Waals surface area (Å²) in [7, 11) is 0. The smallest absolute Gasteiger partial charge is 0.338 e. The Balaban J connectivity index is 1.34. The fraction of sp³-hybridized carbons (Fsp3) is 0.464. The molecule has 6 heteroatoms. The van der Waals surface area contributed by atoms with E-state index >= 15 is 0 Å². The summed E-state index contributed by atoms with van der Waals surface area (Å²) in [6, 6.07) is 11.3. The lowest BCUT2D eigenvalue weighted by molar-refractivity contribution is -0.137. The minimum atomic E-state index is -0.361. The molecule has 0 unspecified atom stereocenters. The predicted octanol–water partition coefficient (Wildman–Crippen LogP) is 6.30. The van der Waals surface area contributed by atoms with E-state index < -0.39 is 0 Å². The van der Waals surface area contributed by atoms with Gasteiger partial charge >= 0.3 is 11.9 Å². The van der Waals surface area contributed by atoms with E-state index in [2.05, 4.69) is 11.6 Å². The molecule has 3 rings (SSSR count). The summed E-state index contributed by atoms with van der Waals surface area (Å²) in [6.45, 7) is 4.47. The fourth-order valence-corrected chi connectivity index (χ4v) is 3.97. The number of carbonyl (C=O) groups is 2. The van der Waals surface area contributed by atoms with Crippen LogP contribution in [0.2, 0.25) is 0 Å². The lowest BCUT2D eigenvalue weighted by Gasteiger charge is -2.21. The Kier molecular flexibility index (Phi) is 10.6. The number of benzene rings is 1. The Morgan fingerprint density at radius 3 is 2.29 bits per heavy atom. The van der Waals surface area contributed by atoms with Gasteiger partial charge in [-0.3, -0.25) is 4.98 Å². The Bertz CT molecular complexity index is 901. The van der Waals surface area contributed by atoms with Crippen LogP contribution in [0, 0.1) is 0 Å². The lowest BCUT2D eigenvalue weighted by atomic mass is 9.98. The van der Waals surface area contributed by atoms with Gasteiger partial charge in [-0.2, -0.15) is 0 Å². The number of esters is 2. The Morgan fingerprint density at radius 1 is 0.912 bits per heavy atom. The molecule has 6 nitrogen and oxygen atoms in total. The van der Waals surface area contributed by atoms with Gasteiger partial charge in [0, 0.05) is 11.6 Å². The normalized spacial score (nSPS) is 13.8. The van der Waals surface area contributed by atoms with Gasteiger partial charge in [0.1, 0.15) is 11.9 Å². The van der Waals surface area contributed by atoms with E-state index in [4.69, 9.17) is 14.2 Å². The first-order chi connectivity index (χ1) is 16.7. The zero-order valence-corrected chi connectivity index (χ0v) is 19.9. The van der Waals surface area contributed by atoms with Crippen LogP contribution in [0.25, 0.3) is 11.3 Å². The highest BCUT2D eigenvalue weighted by Crippen LogP contribution is 2.23. The van der Waals surface area contributed by atoms with Gasteiger partial charge in [-0.15, -0.1) is 0 Å². The van der Waals surface area contributed by atoms with E-state index in [0.29, 0.717) is 18.8 Å².